The van der Waals surface area contributed by atoms with Gasteiger partial charge in [-0.3, -0.25) is 4.79 Å². The van der Waals surface area contributed by atoms with E-state index in [1.807, 2.05) is 0 Å². The molecule has 2 rings (SSSR count). The van der Waals surface area contributed by atoms with Gasteiger partial charge >= 0.3 is 0 Å². The molecule has 1 heterocycles. The van der Waals surface area contributed by atoms with Crippen molar-refractivity contribution >= 4 is 23.2 Å². The van der Waals surface area contributed by atoms with Crippen molar-refractivity contribution in [2.45, 2.75) is 0 Å². The molecule has 0 aliphatic rings. The molecule has 0 bridgehead atoms. The quantitative estimate of drug-likeness (QED) is 0.813. The third kappa shape index (κ3) is 2.14. The summed E-state index contributed by atoms with van der Waals surface area (Å²) in [5, 5.41) is 6.38. The molecule has 94 valence electrons. The first kappa shape index (κ1) is 12.4. The summed E-state index contributed by atoms with van der Waals surface area (Å²) in [6.07, 6.45) is 1.52. The average molecular weight is 269 g/mol. The summed E-state index contributed by atoms with van der Waals surface area (Å²) < 4.78 is 14.7. The summed E-state index contributed by atoms with van der Waals surface area (Å²) in [6.45, 7) is 0. The summed E-state index contributed by atoms with van der Waals surface area (Å²) in [5.74, 6) is -0.931. The molecular weight excluding hydrogens is 259 g/mol. The van der Waals surface area contributed by atoms with Crippen LogP contribution in [0.2, 0.25) is 5.02 Å². The highest BCUT2D eigenvalue weighted by atomic mass is 35.5. The monoisotopic (exact) mass is 268 g/mol. The first-order valence-corrected chi connectivity index (χ1v) is 5.43. The van der Waals surface area contributed by atoms with Crippen LogP contribution in [0.1, 0.15) is 10.5 Å². The average Bonchev–Trinajstić information content (AvgIpc) is 2.82. The highest BCUT2D eigenvalue weighted by molar-refractivity contribution is 6.31. The van der Waals surface area contributed by atoms with Crippen LogP contribution in [0.3, 0.4) is 0 Å². The van der Waals surface area contributed by atoms with E-state index in [2.05, 4.69) is 10.4 Å². The van der Waals surface area contributed by atoms with Crippen molar-refractivity contribution in [1.82, 2.24) is 15.1 Å². The van der Waals surface area contributed by atoms with Crippen LogP contribution >= 0.6 is 11.6 Å². The fourth-order valence-electron chi connectivity index (χ4n) is 1.46. The van der Waals surface area contributed by atoms with E-state index in [1.54, 1.807) is 0 Å². The first-order valence-electron chi connectivity index (χ1n) is 5.05. The van der Waals surface area contributed by atoms with Crippen LogP contribution in [0.5, 0.6) is 0 Å². The van der Waals surface area contributed by atoms with E-state index in [9.17, 15) is 9.18 Å². The largest absolute Gasteiger partial charge is 0.397 e. The molecule has 1 aromatic heterocycles. The van der Waals surface area contributed by atoms with Crippen molar-refractivity contribution in [1.29, 1.82) is 0 Å². The first-order chi connectivity index (χ1) is 8.52. The zero-order chi connectivity index (χ0) is 13.3. The number of nitrogens with one attached hydrogen (secondary N) is 1. The van der Waals surface area contributed by atoms with Gasteiger partial charge in [-0.15, -0.1) is 0 Å². The van der Waals surface area contributed by atoms with E-state index in [4.69, 9.17) is 17.3 Å². The molecule has 1 amide bonds. The van der Waals surface area contributed by atoms with Crippen LogP contribution in [-0.4, -0.2) is 22.7 Å². The fourth-order valence-corrected chi connectivity index (χ4v) is 1.63. The van der Waals surface area contributed by atoms with Gasteiger partial charge in [-0.1, -0.05) is 11.6 Å². The van der Waals surface area contributed by atoms with E-state index in [0.29, 0.717) is 5.69 Å². The van der Waals surface area contributed by atoms with E-state index < -0.39 is 5.82 Å². The molecular formula is C11H10ClFN4O. The van der Waals surface area contributed by atoms with Gasteiger partial charge in [0, 0.05) is 19.3 Å². The number of hydrogen-bond donors (Lipinski definition) is 2. The lowest BCUT2D eigenvalue weighted by Gasteiger charge is -2.06. The highest BCUT2D eigenvalue weighted by Gasteiger charge is 2.12. The summed E-state index contributed by atoms with van der Waals surface area (Å²) in [4.78, 5) is 11.4. The number of aromatic nitrogens is 2. The van der Waals surface area contributed by atoms with Gasteiger partial charge in [0.1, 0.15) is 5.82 Å². The zero-order valence-electron chi connectivity index (χ0n) is 9.45. The Balaban J connectivity index is 2.46. The van der Waals surface area contributed by atoms with E-state index in [1.165, 1.54) is 30.1 Å². The number of rotatable bonds is 2. The van der Waals surface area contributed by atoms with Gasteiger partial charge in [0.05, 0.1) is 16.4 Å². The van der Waals surface area contributed by atoms with Crippen molar-refractivity contribution in [2.75, 3.05) is 12.8 Å². The van der Waals surface area contributed by atoms with Crippen molar-refractivity contribution in [3.8, 4) is 5.69 Å². The summed E-state index contributed by atoms with van der Waals surface area (Å²) in [6, 6.07) is 3.97. The normalized spacial score (nSPS) is 10.4. The number of carbonyl (C=O) groups excluding carboxylic acids is 1. The second-order valence-electron chi connectivity index (χ2n) is 3.55. The lowest BCUT2D eigenvalue weighted by molar-refractivity contribution is 0.0957. The molecule has 0 saturated carbocycles. The molecule has 2 aromatic rings. The van der Waals surface area contributed by atoms with Crippen molar-refractivity contribution in [3.63, 3.8) is 0 Å². The van der Waals surface area contributed by atoms with Gasteiger partial charge < -0.3 is 11.1 Å². The fraction of sp³-hybridized carbons (Fsp3) is 0.0909. The minimum atomic E-state index is -0.599. The molecule has 1 aromatic carbocycles. The van der Waals surface area contributed by atoms with Crippen LogP contribution in [0, 0.1) is 5.82 Å². The van der Waals surface area contributed by atoms with Gasteiger partial charge in [-0.05, 0) is 12.1 Å². The molecule has 5 nitrogen and oxygen atoms in total. The Morgan fingerprint density at radius 2 is 2.28 bits per heavy atom. The number of benzene rings is 1. The number of nitrogens with two attached hydrogens (primary N) is 1. The molecule has 0 unspecified atom stereocenters. The van der Waals surface area contributed by atoms with E-state index in [-0.39, 0.29) is 22.3 Å². The molecule has 7 heteroatoms. The van der Waals surface area contributed by atoms with Gasteiger partial charge in [0.15, 0.2) is 5.69 Å². The highest BCUT2D eigenvalue weighted by Crippen LogP contribution is 2.24. The van der Waals surface area contributed by atoms with Crippen LogP contribution in [0.4, 0.5) is 10.1 Å². The third-order valence-corrected chi connectivity index (χ3v) is 2.65. The number of carbonyl (C=O) groups is 1. The van der Waals surface area contributed by atoms with Gasteiger partial charge in [-0.25, -0.2) is 9.07 Å². The third-order valence-electron chi connectivity index (χ3n) is 2.37. The molecule has 0 radical (unpaired) electrons. The smallest absolute Gasteiger partial charge is 0.271 e. The van der Waals surface area contributed by atoms with Crippen LogP contribution in [0.25, 0.3) is 5.69 Å². The predicted molar refractivity (Wildman–Crippen MR) is 66.3 cm³/mol. The van der Waals surface area contributed by atoms with Crippen molar-refractivity contribution < 1.29 is 9.18 Å². The molecule has 0 atom stereocenters. The SMILES string of the molecule is CNC(=O)c1ccn(-c2cc(F)c(Cl)cc2N)n1. The van der Waals surface area contributed by atoms with Crippen molar-refractivity contribution in [3.05, 3.63) is 40.9 Å². The Kier molecular flexibility index (Phi) is 3.20. The maximum Gasteiger partial charge on any atom is 0.271 e. The van der Waals surface area contributed by atoms with Crippen LogP contribution < -0.4 is 11.1 Å². The second kappa shape index (κ2) is 4.66. The minimum Gasteiger partial charge on any atom is -0.397 e. The van der Waals surface area contributed by atoms with E-state index in [0.717, 1.165) is 6.07 Å². The standard InChI is InChI=1S/C11H10ClFN4O/c1-15-11(18)9-2-3-17(16-9)10-5-7(13)6(12)4-8(10)14/h2-5H,14H2,1H3,(H,15,18). The van der Waals surface area contributed by atoms with Crippen molar-refractivity contribution in [2.24, 2.45) is 0 Å². The Morgan fingerprint density at radius 1 is 1.56 bits per heavy atom. The Bertz CT molecular complexity index is 611. The molecule has 0 aliphatic heterocycles. The van der Waals surface area contributed by atoms with Gasteiger partial charge in [-0.2, -0.15) is 5.10 Å². The lowest BCUT2D eigenvalue weighted by atomic mass is 10.2. The molecule has 0 fully saturated rings. The van der Waals surface area contributed by atoms with Gasteiger partial charge in [0.2, 0.25) is 0 Å². The maximum absolute atomic E-state index is 13.4. The van der Waals surface area contributed by atoms with E-state index >= 15 is 0 Å². The summed E-state index contributed by atoms with van der Waals surface area (Å²) in [5.41, 5.74) is 6.54. The molecule has 3 N–H and O–H groups in total. The minimum absolute atomic E-state index is 0.0602. The number of anilines is 1. The molecule has 0 aliphatic carbocycles. The maximum atomic E-state index is 13.4. The van der Waals surface area contributed by atoms with Crippen LogP contribution in [0.15, 0.2) is 24.4 Å². The summed E-state index contributed by atoms with van der Waals surface area (Å²) in [7, 11) is 1.50. The van der Waals surface area contributed by atoms with Crippen LogP contribution in [-0.2, 0) is 0 Å². The molecule has 0 spiro atoms. The lowest BCUT2D eigenvalue weighted by Crippen LogP contribution is -2.18. The zero-order valence-corrected chi connectivity index (χ0v) is 10.2. The number of nitrogen functional groups attached to an aromatic ring is 1. The Morgan fingerprint density at radius 3 is 2.94 bits per heavy atom. The number of amides is 1. The number of hydrogen-bond acceptors (Lipinski definition) is 3. The number of halogens is 2. The summed E-state index contributed by atoms with van der Waals surface area (Å²) >= 11 is 5.60. The van der Waals surface area contributed by atoms with Gasteiger partial charge in [0.25, 0.3) is 5.91 Å². The topological polar surface area (TPSA) is 72.9 Å². The predicted octanol–water partition coefficient (Wildman–Crippen LogP) is 1.61. The Hall–Kier alpha value is -2.08. The number of nitrogens with zero attached hydrogens (tertiary/aromatic N) is 2. The Labute approximate surface area is 107 Å². The molecule has 0 saturated heterocycles. The second-order valence-corrected chi connectivity index (χ2v) is 3.96. The molecule has 18 heavy (non-hydrogen) atoms.